The molecule has 2 fully saturated rings. The van der Waals surface area contributed by atoms with E-state index in [1.807, 2.05) is 25.4 Å². The van der Waals surface area contributed by atoms with Crippen molar-refractivity contribution in [3.8, 4) is 5.75 Å². The normalized spacial score (nSPS) is 27.1. The van der Waals surface area contributed by atoms with Crippen LogP contribution in [0.1, 0.15) is 30.3 Å². The van der Waals surface area contributed by atoms with Gasteiger partial charge in [-0.25, -0.2) is 9.37 Å². The van der Waals surface area contributed by atoms with Gasteiger partial charge in [-0.1, -0.05) is 12.1 Å². The molecule has 2 aromatic heterocycles. The SMILES string of the molecule is Cc1nccn1[C@H]1C[C@H]2CN(Cc3ccsc3)C[C@H]2C[C@@H]1Oc1ccccc1F. The quantitative estimate of drug-likeness (QED) is 0.597. The Kier molecular flexibility index (Phi) is 5.14. The molecule has 152 valence electrons. The van der Waals surface area contributed by atoms with E-state index in [1.165, 1.54) is 11.6 Å². The lowest BCUT2D eigenvalue weighted by Gasteiger charge is -2.39. The second-order valence-electron chi connectivity index (χ2n) is 8.35. The van der Waals surface area contributed by atoms with E-state index in [2.05, 4.69) is 31.3 Å². The van der Waals surface area contributed by atoms with Gasteiger partial charge in [0.25, 0.3) is 0 Å². The van der Waals surface area contributed by atoms with Crippen molar-refractivity contribution in [2.45, 2.75) is 38.5 Å². The first kappa shape index (κ1) is 18.8. The van der Waals surface area contributed by atoms with Crippen molar-refractivity contribution < 1.29 is 9.13 Å². The van der Waals surface area contributed by atoms with Crippen molar-refractivity contribution in [1.82, 2.24) is 14.5 Å². The maximum atomic E-state index is 14.3. The van der Waals surface area contributed by atoms with E-state index in [-0.39, 0.29) is 18.0 Å². The summed E-state index contributed by atoms with van der Waals surface area (Å²) in [7, 11) is 0. The Morgan fingerprint density at radius 1 is 1.17 bits per heavy atom. The number of hydrogen-bond donors (Lipinski definition) is 0. The van der Waals surface area contributed by atoms with Crippen molar-refractivity contribution in [1.29, 1.82) is 0 Å². The van der Waals surface area contributed by atoms with E-state index in [4.69, 9.17) is 4.74 Å². The molecule has 0 amide bonds. The zero-order valence-electron chi connectivity index (χ0n) is 16.6. The summed E-state index contributed by atoms with van der Waals surface area (Å²) >= 11 is 1.76. The molecule has 1 aliphatic heterocycles. The van der Waals surface area contributed by atoms with Crippen LogP contribution in [0, 0.1) is 24.6 Å². The zero-order valence-corrected chi connectivity index (χ0v) is 17.4. The Balaban J connectivity index is 1.37. The van der Waals surface area contributed by atoms with Gasteiger partial charge in [0.1, 0.15) is 11.9 Å². The fraction of sp³-hybridized carbons (Fsp3) is 0.435. The summed E-state index contributed by atoms with van der Waals surface area (Å²) in [5.74, 6) is 2.28. The largest absolute Gasteiger partial charge is 0.485 e. The highest BCUT2D eigenvalue weighted by atomic mass is 32.1. The molecule has 0 bridgehead atoms. The Morgan fingerprint density at radius 3 is 2.72 bits per heavy atom. The number of halogens is 1. The second-order valence-corrected chi connectivity index (χ2v) is 9.13. The molecule has 4 nitrogen and oxygen atoms in total. The second kappa shape index (κ2) is 7.92. The number of para-hydroxylation sites is 1. The molecule has 1 aliphatic carbocycles. The van der Waals surface area contributed by atoms with Crippen LogP contribution >= 0.6 is 11.3 Å². The molecule has 1 aromatic carbocycles. The highest BCUT2D eigenvalue weighted by molar-refractivity contribution is 7.07. The third-order valence-electron chi connectivity index (χ3n) is 6.48. The molecule has 3 aromatic rings. The average molecular weight is 412 g/mol. The smallest absolute Gasteiger partial charge is 0.165 e. The molecule has 6 heteroatoms. The fourth-order valence-electron chi connectivity index (χ4n) is 5.12. The van der Waals surface area contributed by atoms with E-state index in [1.54, 1.807) is 23.5 Å². The van der Waals surface area contributed by atoms with Crippen LogP contribution in [-0.2, 0) is 6.54 Å². The van der Waals surface area contributed by atoms with Gasteiger partial charge in [0, 0.05) is 32.0 Å². The summed E-state index contributed by atoms with van der Waals surface area (Å²) in [6.45, 7) is 5.26. The number of benzene rings is 1. The van der Waals surface area contributed by atoms with Crippen LogP contribution in [0.4, 0.5) is 4.39 Å². The summed E-state index contributed by atoms with van der Waals surface area (Å²) < 4.78 is 22.8. The van der Waals surface area contributed by atoms with E-state index in [0.717, 1.165) is 38.3 Å². The minimum absolute atomic E-state index is 0.0536. The Morgan fingerprint density at radius 2 is 2.00 bits per heavy atom. The number of rotatable bonds is 5. The van der Waals surface area contributed by atoms with Gasteiger partial charge in [0.2, 0.25) is 0 Å². The number of nitrogens with zero attached hydrogens (tertiary/aromatic N) is 3. The lowest BCUT2D eigenvalue weighted by Crippen LogP contribution is -2.40. The molecule has 0 radical (unpaired) electrons. The molecule has 0 unspecified atom stereocenters. The Bertz CT molecular complexity index is 957. The van der Waals surface area contributed by atoms with Crippen LogP contribution in [-0.4, -0.2) is 33.6 Å². The minimum atomic E-state index is -0.291. The molecular formula is C23H26FN3OS. The number of ether oxygens (including phenoxy) is 1. The maximum Gasteiger partial charge on any atom is 0.165 e. The number of aryl methyl sites for hydroxylation is 1. The molecule has 29 heavy (non-hydrogen) atoms. The summed E-state index contributed by atoms with van der Waals surface area (Å²) in [6.07, 6.45) is 5.82. The third kappa shape index (κ3) is 3.83. The first-order valence-electron chi connectivity index (χ1n) is 10.3. The number of imidazole rings is 1. The topological polar surface area (TPSA) is 30.3 Å². The summed E-state index contributed by atoms with van der Waals surface area (Å²) in [6, 6.07) is 9.14. The molecular weight excluding hydrogens is 385 g/mol. The minimum Gasteiger partial charge on any atom is -0.485 e. The molecule has 0 N–H and O–H groups in total. The van der Waals surface area contributed by atoms with Crippen LogP contribution in [0.3, 0.4) is 0 Å². The Hall–Kier alpha value is -2.18. The standard InChI is InChI=1S/C23H26FN3OS/c1-16-25-7-8-27(16)21-10-18-13-26(12-17-6-9-29-15-17)14-19(18)11-23(21)28-22-5-3-2-4-20(22)24/h2-9,15,18-19,21,23H,10-14H2,1H3/t18-,19+,21-,23-/m0/s1. The summed E-state index contributed by atoms with van der Waals surface area (Å²) in [4.78, 5) is 7.00. The molecule has 1 saturated heterocycles. The van der Waals surface area contributed by atoms with Gasteiger partial charge in [-0.3, -0.25) is 4.90 Å². The van der Waals surface area contributed by atoms with E-state index < -0.39 is 0 Å². The molecule has 2 aliphatic rings. The number of aromatic nitrogens is 2. The molecule has 3 heterocycles. The number of likely N-dealkylation sites (tertiary alicyclic amines) is 1. The van der Waals surface area contributed by atoms with Crippen LogP contribution in [0.5, 0.6) is 5.75 Å². The van der Waals surface area contributed by atoms with E-state index in [0.29, 0.717) is 17.6 Å². The van der Waals surface area contributed by atoms with Gasteiger partial charge in [0.05, 0.1) is 6.04 Å². The number of hydrogen-bond acceptors (Lipinski definition) is 4. The van der Waals surface area contributed by atoms with Crippen LogP contribution in [0.15, 0.2) is 53.5 Å². The monoisotopic (exact) mass is 411 g/mol. The van der Waals surface area contributed by atoms with Gasteiger partial charge in [-0.15, -0.1) is 0 Å². The van der Waals surface area contributed by atoms with Gasteiger partial charge < -0.3 is 9.30 Å². The van der Waals surface area contributed by atoms with E-state index in [9.17, 15) is 4.39 Å². The third-order valence-corrected chi connectivity index (χ3v) is 7.21. The highest BCUT2D eigenvalue weighted by Crippen LogP contribution is 2.43. The Labute approximate surface area is 175 Å². The summed E-state index contributed by atoms with van der Waals surface area (Å²) in [5.41, 5.74) is 1.40. The highest BCUT2D eigenvalue weighted by Gasteiger charge is 2.44. The van der Waals surface area contributed by atoms with Crippen LogP contribution < -0.4 is 4.74 Å². The molecule has 4 atom stereocenters. The van der Waals surface area contributed by atoms with Crippen molar-refractivity contribution in [2.24, 2.45) is 11.8 Å². The fourth-order valence-corrected chi connectivity index (χ4v) is 5.78. The van der Waals surface area contributed by atoms with Crippen molar-refractivity contribution >= 4 is 11.3 Å². The van der Waals surface area contributed by atoms with Gasteiger partial charge in [-0.2, -0.15) is 11.3 Å². The average Bonchev–Trinajstić information content (AvgIpc) is 3.44. The zero-order chi connectivity index (χ0) is 19.8. The molecule has 5 rings (SSSR count). The van der Waals surface area contributed by atoms with E-state index >= 15 is 0 Å². The lowest BCUT2D eigenvalue weighted by molar-refractivity contribution is 0.0509. The van der Waals surface area contributed by atoms with Crippen molar-refractivity contribution in [3.63, 3.8) is 0 Å². The van der Waals surface area contributed by atoms with Crippen molar-refractivity contribution in [2.75, 3.05) is 13.1 Å². The van der Waals surface area contributed by atoms with Crippen LogP contribution in [0.2, 0.25) is 0 Å². The van der Waals surface area contributed by atoms with Gasteiger partial charge in [-0.05, 0) is 66.1 Å². The van der Waals surface area contributed by atoms with Crippen LogP contribution in [0.25, 0.3) is 0 Å². The maximum absolute atomic E-state index is 14.3. The van der Waals surface area contributed by atoms with Gasteiger partial charge in [0.15, 0.2) is 11.6 Å². The first-order valence-corrected chi connectivity index (χ1v) is 11.3. The lowest BCUT2D eigenvalue weighted by atomic mass is 9.77. The van der Waals surface area contributed by atoms with Crippen molar-refractivity contribution in [3.05, 3.63) is 70.7 Å². The predicted molar refractivity (Wildman–Crippen MR) is 113 cm³/mol. The predicted octanol–water partition coefficient (Wildman–Crippen LogP) is 4.92. The van der Waals surface area contributed by atoms with Gasteiger partial charge >= 0.3 is 0 Å². The number of fused-ring (bicyclic) bond motifs is 1. The molecule has 0 spiro atoms. The first-order chi connectivity index (χ1) is 14.2. The number of thiophene rings is 1. The molecule has 1 saturated carbocycles. The summed E-state index contributed by atoms with van der Waals surface area (Å²) in [5, 5.41) is 4.39.